The zero-order valence-corrected chi connectivity index (χ0v) is 12.5. The van der Waals surface area contributed by atoms with Gasteiger partial charge in [-0.3, -0.25) is 0 Å². The lowest BCUT2D eigenvalue weighted by Crippen LogP contribution is -2.13. The van der Waals surface area contributed by atoms with E-state index in [-0.39, 0.29) is 6.04 Å². The molecule has 0 bridgehead atoms. The Hall–Kier alpha value is -1.81. The third kappa shape index (κ3) is 3.20. The van der Waals surface area contributed by atoms with Gasteiger partial charge in [-0.1, -0.05) is 13.8 Å². The van der Waals surface area contributed by atoms with Crippen molar-refractivity contribution in [3.8, 4) is 17.1 Å². The molecule has 1 aromatic carbocycles. The van der Waals surface area contributed by atoms with Crippen molar-refractivity contribution in [1.29, 1.82) is 0 Å². The Morgan fingerprint density at radius 3 is 2.70 bits per heavy atom. The molecule has 2 N–H and O–H groups in total. The maximum atomic E-state index is 6.09. The van der Waals surface area contributed by atoms with E-state index in [1.165, 1.54) is 0 Å². The van der Waals surface area contributed by atoms with Gasteiger partial charge in [0.05, 0.1) is 19.3 Å². The molecule has 4 nitrogen and oxygen atoms in total. The second-order valence-electron chi connectivity index (χ2n) is 5.48. The van der Waals surface area contributed by atoms with Crippen molar-refractivity contribution in [3.63, 3.8) is 0 Å². The SMILES string of the molecule is COc1ccc(-c2cnc(C(N)CC(C)C)o2)cc1C. The van der Waals surface area contributed by atoms with Crippen LogP contribution in [0.3, 0.4) is 0 Å². The molecule has 2 rings (SSSR count). The summed E-state index contributed by atoms with van der Waals surface area (Å²) in [7, 11) is 1.67. The molecule has 0 fully saturated rings. The Morgan fingerprint density at radius 2 is 2.10 bits per heavy atom. The topological polar surface area (TPSA) is 61.3 Å². The molecule has 4 heteroatoms. The molecule has 2 aromatic rings. The third-order valence-electron chi connectivity index (χ3n) is 3.25. The predicted molar refractivity (Wildman–Crippen MR) is 79.6 cm³/mol. The smallest absolute Gasteiger partial charge is 0.211 e. The molecular weight excluding hydrogens is 252 g/mol. The van der Waals surface area contributed by atoms with Crippen molar-refractivity contribution < 1.29 is 9.15 Å². The quantitative estimate of drug-likeness (QED) is 0.903. The highest BCUT2D eigenvalue weighted by atomic mass is 16.5. The number of hydrogen-bond acceptors (Lipinski definition) is 4. The van der Waals surface area contributed by atoms with Gasteiger partial charge in [0.15, 0.2) is 5.76 Å². The van der Waals surface area contributed by atoms with Gasteiger partial charge in [0.2, 0.25) is 5.89 Å². The Balaban J connectivity index is 2.22. The minimum absolute atomic E-state index is 0.150. The summed E-state index contributed by atoms with van der Waals surface area (Å²) in [6, 6.07) is 5.77. The molecule has 0 saturated carbocycles. The fourth-order valence-corrected chi connectivity index (χ4v) is 2.23. The molecule has 1 atom stereocenters. The number of benzene rings is 1. The van der Waals surface area contributed by atoms with E-state index >= 15 is 0 Å². The average molecular weight is 274 g/mol. The highest BCUT2D eigenvalue weighted by Crippen LogP contribution is 2.28. The average Bonchev–Trinajstić information content (AvgIpc) is 2.87. The summed E-state index contributed by atoms with van der Waals surface area (Å²) in [5.74, 6) is 2.72. The lowest BCUT2D eigenvalue weighted by atomic mass is 10.0. The van der Waals surface area contributed by atoms with E-state index in [0.717, 1.165) is 29.1 Å². The van der Waals surface area contributed by atoms with Crippen LogP contribution in [-0.2, 0) is 0 Å². The van der Waals surface area contributed by atoms with Gasteiger partial charge in [0.1, 0.15) is 5.75 Å². The summed E-state index contributed by atoms with van der Waals surface area (Å²) in [6.07, 6.45) is 2.60. The van der Waals surface area contributed by atoms with Crippen LogP contribution in [0.4, 0.5) is 0 Å². The van der Waals surface area contributed by atoms with Crippen LogP contribution in [0, 0.1) is 12.8 Å². The van der Waals surface area contributed by atoms with Crippen LogP contribution in [0.2, 0.25) is 0 Å². The first kappa shape index (κ1) is 14.6. The van der Waals surface area contributed by atoms with Crippen molar-refractivity contribution in [3.05, 3.63) is 35.9 Å². The molecule has 0 amide bonds. The molecule has 0 spiro atoms. The van der Waals surface area contributed by atoms with E-state index in [2.05, 4.69) is 18.8 Å². The minimum Gasteiger partial charge on any atom is -0.496 e. The Morgan fingerprint density at radius 1 is 1.35 bits per heavy atom. The van der Waals surface area contributed by atoms with Crippen molar-refractivity contribution in [1.82, 2.24) is 4.98 Å². The predicted octanol–water partition coefficient (Wildman–Crippen LogP) is 3.70. The number of oxazole rings is 1. The van der Waals surface area contributed by atoms with Crippen LogP contribution >= 0.6 is 0 Å². The van der Waals surface area contributed by atoms with Crippen molar-refractivity contribution in [2.45, 2.75) is 33.2 Å². The van der Waals surface area contributed by atoms with Crippen LogP contribution in [-0.4, -0.2) is 12.1 Å². The molecule has 0 aliphatic heterocycles. The first-order valence-corrected chi connectivity index (χ1v) is 6.87. The number of methoxy groups -OCH3 is 1. The van der Waals surface area contributed by atoms with E-state index in [1.807, 2.05) is 25.1 Å². The normalized spacial score (nSPS) is 12.7. The molecule has 0 aliphatic rings. The minimum atomic E-state index is -0.150. The molecule has 20 heavy (non-hydrogen) atoms. The molecule has 0 radical (unpaired) electrons. The second kappa shape index (κ2) is 6.09. The van der Waals surface area contributed by atoms with E-state index in [0.29, 0.717) is 11.8 Å². The van der Waals surface area contributed by atoms with Gasteiger partial charge in [-0.05, 0) is 43.0 Å². The maximum Gasteiger partial charge on any atom is 0.211 e. The van der Waals surface area contributed by atoms with Gasteiger partial charge in [-0.2, -0.15) is 0 Å². The third-order valence-corrected chi connectivity index (χ3v) is 3.25. The lowest BCUT2D eigenvalue weighted by Gasteiger charge is -2.10. The molecule has 1 heterocycles. The highest BCUT2D eigenvalue weighted by molar-refractivity contribution is 5.59. The molecule has 1 aromatic heterocycles. The number of nitrogens with two attached hydrogens (primary N) is 1. The number of aryl methyl sites for hydroxylation is 1. The van der Waals surface area contributed by atoms with Gasteiger partial charge >= 0.3 is 0 Å². The molecular formula is C16H22N2O2. The van der Waals surface area contributed by atoms with Gasteiger partial charge < -0.3 is 14.9 Å². The first-order valence-electron chi connectivity index (χ1n) is 6.87. The highest BCUT2D eigenvalue weighted by Gasteiger charge is 2.15. The fraction of sp³-hybridized carbons (Fsp3) is 0.438. The molecule has 0 saturated heterocycles. The number of aromatic nitrogens is 1. The second-order valence-corrected chi connectivity index (χ2v) is 5.48. The molecule has 0 aliphatic carbocycles. The van der Waals surface area contributed by atoms with Crippen LogP contribution in [0.5, 0.6) is 5.75 Å². The Labute approximate surface area is 120 Å². The molecule has 1 unspecified atom stereocenters. The van der Waals surface area contributed by atoms with Gasteiger partial charge in [0, 0.05) is 5.56 Å². The zero-order valence-electron chi connectivity index (χ0n) is 12.5. The molecule has 108 valence electrons. The number of nitrogens with zero attached hydrogens (tertiary/aromatic N) is 1. The van der Waals surface area contributed by atoms with Crippen LogP contribution in [0.15, 0.2) is 28.8 Å². The van der Waals surface area contributed by atoms with Crippen molar-refractivity contribution in [2.75, 3.05) is 7.11 Å². The zero-order chi connectivity index (χ0) is 14.7. The lowest BCUT2D eigenvalue weighted by molar-refractivity contribution is 0.407. The van der Waals surface area contributed by atoms with Crippen LogP contribution in [0.25, 0.3) is 11.3 Å². The van der Waals surface area contributed by atoms with Gasteiger partial charge in [0.25, 0.3) is 0 Å². The summed E-state index contributed by atoms with van der Waals surface area (Å²) in [6.45, 7) is 6.28. The van der Waals surface area contributed by atoms with Crippen molar-refractivity contribution in [2.24, 2.45) is 11.7 Å². The number of hydrogen-bond donors (Lipinski definition) is 1. The van der Waals surface area contributed by atoms with Gasteiger partial charge in [-0.15, -0.1) is 0 Å². The summed E-state index contributed by atoms with van der Waals surface area (Å²) >= 11 is 0. The summed E-state index contributed by atoms with van der Waals surface area (Å²) in [5.41, 5.74) is 8.14. The number of ether oxygens (including phenoxy) is 1. The maximum absolute atomic E-state index is 6.09. The van der Waals surface area contributed by atoms with Gasteiger partial charge in [-0.25, -0.2) is 4.98 Å². The fourth-order valence-electron chi connectivity index (χ4n) is 2.23. The van der Waals surface area contributed by atoms with Crippen LogP contribution in [0.1, 0.15) is 37.8 Å². The van der Waals surface area contributed by atoms with E-state index in [1.54, 1.807) is 13.3 Å². The monoisotopic (exact) mass is 274 g/mol. The Bertz CT molecular complexity index is 576. The number of rotatable bonds is 5. The van der Waals surface area contributed by atoms with E-state index < -0.39 is 0 Å². The largest absolute Gasteiger partial charge is 0.496 e. The first-order chi connectivity index (χ1) is 9.51. The summed E-state index contributed by atoms with van der Waals surface area (Å²) < 4.78 is 11.0. The van der Waals surface area contributed by atoms with Crippen LogP contribution < -0.4 is 10.5 Å². The van der Waals surface area contributed by atoms with E-state index in [9.17, 15) is 0 Å². The Kier molecular flexibility index (Phi) is 4.45. The summed E-state index contributed by atoms with van der Waals surface area (Å²) in [4.78, 5) is 4.29. The van der Waals surface area contributed by atoms with E-state index in [4.69, 9.17) is 14.9 Å². The standard InChI is InChI=1S/C16H22N2O2/c1-10(2)7-13(17)16-18-9-15(20-16)12-5-6-14(19-4)11(3)8-12/h5-6,8-10,13H,7,17H2,1-4H3. The van der Waals surface area contributed by atoms with Crippen molar-refractivity contribution >= 4 is 0 Å². The summed E-state index contributed by atoms with van der Waals surface area (Å²) in [5, 5.41) is 0.